The van der Waals surface area contributed by atoms with E-state index < -0.39 is 0 Å². The average molecular weight is 310 g/mol. The van der Waals surface area contributed by atoms with Crippen molar-refractivity contribution >= 4 is 0 Å². The molecule has 1 rings (SSSR count). The summed E-state index contributed by atoms with van der Waals surface area (Å²) in [5, 5.41) is 12.8. The molecule has 1 aliphatic heterocycles. The fourth-order valence-corrected chi connectivity index (χ4v) is 3.31. The number of nitrogens with one attached hydrogen (secondary N) is 1. The summed E-state index contributed by atoms with van der Waals surface area (Å²) in [6.07, 6.45) is 21.0. The van der Waals surface area contributed by atoms with Crippen molar-refractivity contribution in [3.63, 3.8) is 0 Å². The Balaban J connectivity index is 2.08. The molecule has 2 atom stereocenters. The Bertz CT molecular complexity index is 327. The first kappa shape index (κ1) is 19.2. The van der Waals surface area contributed by atoms with Gasteiger partial charge in [0.1, 0.15) is 12.7 Å². The maximum Gasteiger partial charge on any atom is 0.166 e. The molecule has 2 N–H and O–H groups in total. The quantitative estimate of drug-likeness (QED) is 0.302. The van der Waals surface area contributed by atoms with Gasteiger partial charge in [0.15, 0.2) is 6.17 Å². The number of aliphatic hydroxyl groups excluding tert-OH is 1. The third-order valence-corrected chi connectivity index (χ3v) is 4.88. The van der Waals surface area contributed by atoms with Crippen molar-refractivity contribution in [1.82, 2.24) is 5.32 Å². The number of unbranched alkanes of at least 4 members (excludes halogenated alkanes) is 6. The van der Waals surface area contributed by atoms with Gasteiger partial charge in [-0.1, -0.05) is 44.8 Å². The summed E-state index contributed by atoms with van der Waals surface area (Å²) in [5.74, 6) is 0. The molecule has 3 heteroatoms. The van der Waals surface area contributed by atoms with Crippen LogP contribution in [0.5, 0.6) is 0 Å². The number of allylic oxidation sites excluding steroid dienone is 2. The molecule has 0 amide bonds. The van der Waals surface area contributed by atoms with Crippen LogP contribution < -0.4 is 5.32 Å². The normalized spacial score (nSPS) is 24.2. The molecule has 0 saturated carbocycles. The minimum absolute atomic E-state index is 0.265. The summed E-state index contributed by atoms with van der Waals surface area (Å²) in [6.45, 7) is 6.60. The summed E-state index contributed by atoms with van der Waals surface area (Å²) in [7, 11) is 0. The highest BCUT2D eigenvalue weighted by molar-refractivity contribution is 4.84. The number of rotatable bonds is 13. The van der Waals surface area contributed by atoms with Crippen LogP contribution in [0.25, 0.3) is 0 Å². The third kappa shape index (κ3) is 6.53. The molecule has 0 aromatic heterocycles. The van der Waals surface area contributed by atoms with E-state index in [4.69, 9.17) is 0 Å². The number of hydrogen-bond acceptors (Lipinski definition) is 2. The van der Waals surface area contributed by atoms with E-state index in [-0.39, 0.29) is 6.61 Å². The van der Waals surface area contributed by atoms with Gasteiger partial charge in [0.05, 0.1) is 19.4 Å². The largest absolute Gasteiger partial charge is 0.390 e. The third-order valence-electron chi connectivity index (χ3n) is 4.88. The molecule has 0 aromatic carbocycles. The zero-order valence-corrected chi connectivity index (χ0v) is 14.8. The van der Waals surface area contributed by atoms with Crippen molar-refractivity contribution < 1.29 is 9.59 Å². The van der Waals surface area contributed by atoms with Gasteiger partial charge in [-0.25, -0.2) is 0 Å². The second-order valence-electron chi connectivity index (χ2n) is 6.47. The molecule has 0 radical (unpaired) electrons. The van der Waals surface area contributed by atoms with Crippen LogP contribution in [0.15, 0.2) is 24.6 Å². The molecule has 1 aliphatic rings. The van der Waals surface area contributed by atoms with Crippen LogP contribution in [0.2, 0.25) is 0 Å². The highest BCUT2D eigenvalue weighted by Crippen LogP contribution is 2.22. The van der Waals surface area contributed by atoms with Crippen molar-refractivity contribution in [1.29, 1.82) is 0 Å². The highest BCUT2D eigenvalue weighted by Gasteiger charge is 2.35. The first-order valence-electron chi connectivity index (χ1n) is 9.35. The Hall–Kier alpha value is -0.800. The van der Waals surface area contributed by atoms with Crippen LogP contribution in [0.3, 0.4) is 0 Å². The number of quaternary nitrogens is 1. The summed E-state index contributed by atoms with van der Waals surface area (Å²) in [5.41, 5.74) is 0. The van der Waals surface area contributed by atoms with E-state index in [1.54, 1.807) is 0 Å². The van der Waals surface area contributed by atoms with Gasteiger partial charge in [0, 0.05) is 6.42 Å². The second kappa shape index (κ2) is 11.7. The van der Waals surface area contributed by atoms with Gasteiger partial charge >= 0.3 is 0 Å². The Labute approximate surface area is 137 Å². The van der Waals surface area contributed by atoms with Gasteiger partial charge in [0.2, 0.25) is 0 Å². The van der Waals surface area contributed by atoms with Gasteiger partial charge in [0.25, 0.3) is 0 Å². The molecule has 128 valence electrons. The van der Waals surface area contributed by atoms with Crippen LogP contribution in [-0.4, -0.2) is 35.5 Å². The molecule has 0 fully saturated rings. The summed E-state index contributed by atoms with van der Waals surface area (Å²) >= 11 is 0. The van der Waals surface area contributed by atoms with Gasteiger partial charge in [-0.05, 0) is 32.6 Å². The zero-order chi connectivity index (χ0) is 16.1. The molecule has 1 heterocycles. The zero-order valence-electron chi connectivity index (χ0n) is 14.8. The summed E-state index contributed by atoms with van der Waals surface area (Å²) in [6, 6.07) is 0. The van der Waals surface area contributed by atoms with Crippen molar-refractivity contribution in [2.75, 3.05) is 19.7 Å². The topological polar surface area (TPSA) is 32.3 Å². The molecule has 22 heavy (non-hydrogen) atoms. The molecular weight excluding hydrogens is 272 g/mol. The van der Waals surface area contributed by atoms with Crippen molar-refractivity contribution in [2.45, 2.75) is 77.8 Å². The van der Waals surface area contributed by atoms with Crippen LogP contribution in [-0.2, 0) is 0 Å². The standard InChI is InChI=1S/C19H37N2O/c1-3-5-6-7-8-9-10-11-12-13-14-19-20-15-16-21(19,4-2)17-18-22/h7-8,15-16,19-20,22H,3-6,9-14,17-18H2,1-2H3/q+1/b8-7+. The molecule has 0 spiro atoms. The molecule has 0 aliphatic carbocycles. The molecule has 3 nitrogen and oxygen atoms in total. The Kier molecular flexibility index (Phi) is 10.3. The average Bonchev–Trinajstić information content (AvgIpc) is 2.93. The Morgan fingerprint density at radius 1 is 1.05 bits per heavy atom. The summed E-state index contributed by atoms with van der Waals surface area (Å²) in [4.78, 5) is 0. The van der Waals surface area contributed by atoms with Crippen LogP contribution in [0.4, 0.5) is 0 Å². The molecule has 0 bridgehead atoms. The first-order valence-corrected chi connectivity index (χ1v) is 9.35. The van der Waals surface area contributed by atoms with E-state index in [2.05, 4.69) is 43.7 Å². The fraction of sp³-hybridized carbons (Fsp3) is 0.789. The smallest absolute Gasteiger partial charge is 0.166 e. The van der Waals surface area contributed by atoms with E-state index in [1.807, 2.05) is 0 Å². The highest BCUT2D eigenvalue weighted by atomic mass is 16.3. The lowest BCUT2D eigenvalue weighted by Crippen LogP contribution is -2.54. The number of hydrogen-bond donors (Lipinski definition) is 2. The van der Waals surface area contributed by atoms with Gasteiger partial charge in [-0.2, -0.15) is 0 Å². The number of likely N-dealkylation sites (N-methyl/N-ethyl adjacent to an activating group) is 1. The van der Waals surface area contributed by atoms with Crippen LogP contribution in [0.1, 0.15) is 71.6 Å². The van der Waals surface area contributed by atoms with E-state index in [9.17, 15) is 5.11 Å². The van der Waals surface area contributed by atoms with Gasteiger partial charge in [-0.15, -0.1) is 0 Å². The SMILES string of the molecule is CCCC/C=C/CCCCCCC1NC=C[N+]1(CC)CCO. The Morgan fingerprint density at radius 2 is 1.77 bits per heavy atom. The predicted octanol–water partition coefficient (Wildman–Crippen LogP) is 4.30. The predicted molar refractivity (Wildman–Crippen MR) is 95.2 cm³/mol. The second-order valence-corrected chi connectivity index (χ2v) is 6.47. The molecule has 2 unspecified atom stereocenters. The molecule has 0 aromatic rings. The molecular formula is C19H37N2O+. The summed E-state index contributed by atoms with van der Waals surface area (Å²) < 4.78 is 0.899. The van der Waals surface area contributed by atoms with Gasteiger partial charge < -0.3 is 10.4 Å². The number of nitrogens with zero attached hydrogens (tertiary/aromatic N) is 1. The first-order chi connectivity index (χ1) is 10.8. The van der Waals surface area contributed by atoms with E-state index >= 15 is 0 Å². The molecule has 0 saturated heterocycles. The minimum atomic E-state index is 0.265. The van der Waals surface area contributed by atoms with E-state index in [0.29, 0.717) is 6.17 Å². The number of aliphatic hydroxyl groups is 1. The monoisotopic (exact) mass is 309 g/mol. The maximum atomic E-state index is 9.30. The Morgan fingerprint density at radius 3 is 2.45 bits per heavy atom. The lowest BCUT2D eigenvalue weighted by atomic mass is 10.1. The lowest BCUT2D eigenvalue weighted by molar-refractivity contribution is -0.900. The lowest BCUT2D eigenvalue weighted by Gasteiger charge is -2.36. The van der Waals surface area contributed by atoms with Gasteiger partial charge in [-0.3, -0.25) is 4.48 Å². The van der Waals surface area contributed by atoms with Crippen molar-refractivity contribution in [3.05, 3.63) is 24.6 Å². The maximum absolute atomic E-state index is 9.30. The van der Waals surface area contributed by atoms with Crippen molar-refractivity contribution in [3.8, 4) is 0 Å². The van der Waals surface area contributed by atoms with Crippen LogP contribution >= 0.6 is 0 Å². The fourth-order valence-electron chi connectivity index (χ4n) is 3.31. The minimum Gasteiger partial charge on any atom is -0.390 e. The van der Waals surface area contributed by atoms with E-state index in [0.717, 1.165) is 17.6 Å². The van der Waals surface area contributed by atoms with Crippen LogP contribution in [0, 0.1) is 0 Å². The van der Waals surface area contributed by atoms with Crippen molar-refractivity contribution in [2.24, 2.45) is 0 Å². The van der Waals surface area contributed by atoms with E-state index in [1.165, 1.54) is 57.8 Å².